The predicted molar refractivity (Wildman–Crippen MR) is 141 cm³/mol. The summed E-state index contributed by atoms with van der Waals surface area (Å²) in [6.45, 7) is 4.20. The molecule has 0 bridgehead atoms. The number of ether oxygens (including phenoxy) is 1. The summed E-state index contributed by atoms with van der Waals surface area (Å²) >= 11 is 0. The van der Waals surface area contributed by atoms with Crippen LogP contribution in [0.4, 0.5) is 0 Å². The molecule has 0 aliphatic rings. The Morgan fingerprint density at radius 1 is 1.03 bits per heavy atom. The number of benzene rings is 2. The highest BCUT2D eigenvalue weighted by molar-refractivity contribution is 6.00. The largest absolute Gasteiger partial charge is 0.506 e. The number of carbonyl (C=O) groups excluding carboxylic acids is 2. The first-order valence-electron chi connectivity index (χ1n) is 12.3. The van der Waals surface area contributed by atoms with Crippen LogP contribution >= 0.6 is 0 Å². The number of carbonyl (C=O) groups is 2. The third-order valence-corrected chi connectivity index (χ3v) is 6.31. The molecule has 0 fully saturated rings. The minimum Gasteiger partial charge on any atom is -0.506 e. The number of rotatable bonds is 11. The average molecular weight is 491 g/mol. The van der Waals surface area contributed by atoms with Gasteiger partial charge in [0.25, 0.3) is 11.5 Å². The number of aromatic nitrogens is 1. The topological polar surface area (TPSA) is 99.7 Å². The monoisotopic (exact) mass is 490 g/mol. The van der Waals surface area contributed by atoms with Gasteiger partial charge < -0.3 is 19.7 Å². The Balaban J connectivity index is 1.93. The van der Waals surface area contributed by atoms with Gasteiger partial charge in [-0.15, -0.1) is 0 Å². The molecule has 36 heavy (non-hydrogen) atoms. The number of H-pyrrole nitrogens is 1. The molecule has 3 aromatic rings. The summed E-state index contributed by atoms with van der Waals surface area (Å²) in [4.78, 5) is 42.9. The zero-order valence-electron chi connectivity index (χ0n) is 21.4. The number of hydrogen-bond donors (Lipinski definition) is 2. The van der Waals surface area contributed by atoms with E-state index in [2.05, 4.69) is 4.98 Å². The Bertz CT molecular complexity index is 1280. The van der Waals surface area contributed by atoms with Crippen LogP contribution in [0.2, 0.25) is 0 Å². The van der Waals surface area contributed by atoms with E-state index in [1.54, 1.807) is 32.4 Å². The van der Waals surface area contributed by atoms with Crippen molar-refractivity contribution in [2.75, 3.05) is 20.7 Å². The molecule has 2 N–H and O–H groups in total. The molecule has 0 aliphatic heterocycles. The van der Waals surface area contributed by atoms with Crippen LogP contribution in [-0.4, -0.2) is 47.4 Å². The van der Waals surface area contributed by atoms with Gasteiger partial charge in [0.15, 0.2) is 5.78 Å². The first-order chi connectivity index (χ1) is 17.3. The maximum absolute atomic E-state index is 13.3. The number of pyridine rings is 1. The number of unbranched alkanes of at least 4 members (excludes halogenated alkanes) is 1. The average Bonchev–Trinajstić information content (AvgIpc) is 2.88. The molecule has 0 saturated carbocycles. The first-order valence-corrected chi connectivity index (χ1v) is 12.3. The van der Waals surface area contributed by atoms with E-state index < -0.39 is 11.5 Å². The summed E-state index contributed by atoms with van der Waals surface area (Å²) in [6.07, 6.45) is 2.95. The lowest BCUT2D eigenvalue weighted by atomic mass is 9.93. The van der Waals surface area contributed by atoms with Gasteiger partial charge in [0.1, 0.15) is 17.1 Å². The molecule has 0 spiro atoms. The van der Waals surface area contributed by atoms with Crippen molar-refractivity contribution in [2.45, 2.75) is 46.0 Å². The van der Waals surface area contributed by atoms with Crippen LogP contribution in [0, 0.1) is 6.92 Å². The number of aromatic hydroxyl groups is 1. The van der Waals surface area contributed by atoms with Crippen molar-refractivity contribution in [2.24, 2.45) is 0 Å². The fraction of sp³-hybridized carbons (Fsp3) is 0.345. The molecule has 2 aromatic carbocycles. The Labute approximate surface area is 211 Å². The van der Waals surface area contributed by atoms with Crippen molar-refractivity contribution in [1.29, 1.82) is 0 Å². The fourth-order valence-electron chi connectivity index (χ4n) is 4.32. The van der Waals surface area contributed by atoms with E-state index in [1.807, 2.05) is 44.2 Å². The first kappa shape index (κ1) is 26.7. The number of nitrogens with zero attached hydrogens (tertiary/aromatic N) is 1. The number of methoxy groups -OCH3 is 1. The number of ketones is 1. The maximum atomic E-state index is 13.3. The normalized spacial score (nSPS) is 10.8. The second-order valence-electron chi connectivity index (χ2n) is 8.91. The third kappa shape index (κ3) is 5.85. The molecule has 0 aliphatic carbocycles. The van der Waals surface area contributed by atoms with E-state index in [1.165, 1.54) is 4.90 Å². The van der Waals surface area contributed by atoms with E-state index in [9.17, 15) is 19.5 Å². The van der Waals surface area contributed by atoms with Gasteiger partial charge >= 0.3 is 0 Å². The molecule has 3 rings (SSSR count). The van der Waals surface area contributed by atoms with Crippen LogP contribution in [0.25, 0.3) is 11.1 Å². The van der Waals surface area contributed by atoms with Crippen molar-refractivity contribution >= 4 is 11.7 Å². The van der Waals surface area contributed by atoms with Gasteiger partial charge in [-0.2, -0.15) is 0 Å². The summed E-state index contributed by atoms with van der Waals surface area (Å²) in [5.41, 5.74) is 2.15. The van der Waals surface area contributed by atoms with Crippen LogP contribution < -0.4 is 10.3 Å². The van der Waals surface area contributed by atoms with Crippen LogP contribution in [-0.2, 0) is 6.42 Å². The van der Waals surface area contributed by atoms with E-state index in [0.29, 0.717) is 41.0 Å². The molecule has 0 unspecified atom stereocenters. The van der Waals surface area contributed by atoms with E-state index in [0.717, 1.165) is 18.4 Å². The Morgan fingerprint density at radius 3 is 2.42 bits per heavy atom. The van der Waals surface area contributed by atoms with Crippen LogP contribution in [0.5, 0.6) is 11.5 Å². The second-order valence-corrected chi connectivity index (χ2v) is 8.91. The molecular weight excluding hydrogens is 456 g/mol. The summed E-state index contributed by atoms with van der Waals surface area (Å²) in [5.74, 6) is -0.418. The molecule has 1 heterocycles. The Kier molecular flexibility index (Phi) is 9.06. The predicted octanol–water partition coefficient (Wildman–Crippen LogP) is 5.14. The summed E-state index contributed by atoms with van der Waals surface area (Å²) in [7, 11) is 3.11. The van der Waals surface area contributed by atoms with Gasteiger partial charge in [-0.25, -0.2) is 0 Å². The minimum atomic E-state index is -0.632. The molecule has 0 radical (unpaired) electrons. The van der Waals surface area contributed by atoms with Crippen molar-refractivity contribution in [3.8, 4) is 22.6 Å². The number of aryl methyl sites for hydroxylation is 2. The number of Topliss-reactive ketones (excluding diaryl/α,β-unsaturated/α-hetero) is 1. The lowest BCUT2D eigenvalue weighted by molar-refractivity contribution is 0.0781. The van der Waals surface area contributed by atoms with Crippen molar-refractivity contribution in [3.05, 3.63) is 81.3 Å². The van der Waals surface area contributed by atoms with Gasteiger partial charge in [0, 0.05) is 42.4 Å². The number of hydrogen-bond acceptors (Lipinski definition) is 5. The summed E-state index contributed by atoms with van der Waals surface area (Å²) < 4.78 is 5.55. The highest BCUT2D eigenvalue weighted by Crippen LogP contribution is 2.41. The minimum absolute atomic E-state index is 0.00801. The molecule has 7 heteroatoms. The maximum Gasteiger partial charge on any atom is 0.264 e. The van der Waals surface area contributed by atoms with E-state index >= 15 is 0 Å². The molecule has 1 amide bonds. The van der Waals surface area contributed by atoms with Crippen molar-refractivity contribution < 1.29 is 19.4 Å². The molecule has 0 atom stereocenters. The fourth-order valence-corrected chi connectivity index (χ4v) is 4.32. The van der Waals surface area contributed by atoms with Gasteiger partial charge in [-0.05, 0) is 37.8 Å². The smallest absolute Gasteiger partial charge is 0.264 e. The molecule has 7 nitrogen and oxygen atoms in total. The Morgan fingerprint density at radius 2 is 1.75 bits per heavy atom. The van der Waals surface area contributed by atoms with Crippen LogP contribution in [0.3, 0.4) is 0 Å². The quantitative estimate of drug-likeness (QED) is 0.363. The zero-order valence-corrected chi connectivity index (χ0v) is 21.4. The van der Waals surface area contributed by atoms with E-state index in [4.69, 9.17) is 4.74 Å². The third-order valence-electron chi connectivity index (χ3n) is 6.31. The summed E-state index contributed by atoms with van der Waals surface area (Å²) in [6, 6.07) is 14.5. The Hall–Kier alpha value is -3.87. The number of amides is 1. The lowest BCUT2D eigenvalue weighted by Gasteiger charge is -2.21. The molecule has 1 aromatic heterocycles. The zero-order chi connectivity index (χ0) is 26.2. The van der Waals surface area contributed by atoms with Gasteiger partial charge in [-0.1, -0.05) is 55.8 Å². The van der Waals surface area contributed by atoms with Gasteiger partial charge in [0.05, 0.1) is 7.11 Å². The molecular formula is C29H34N2O5. The second kappa shape index (κ2) is 12.2. The lowest BCUT2D eigenvalue weighted by Crippen LogP contribution is -2.33. The number of aromatic amines is 1. The number of nitrogens with one attached hydrogen (secondary N) is 1. The van der Waals surface area contributed by atoms with Gasteiger partial charge in [-0.3, -0.25) is 14.4 Å². The highest BCUT2D eigenvalue weighted by Gasteiger charge is 2.27. The summed E-state index contributed by atoms with van der Waals surface area (Å²) in [5, 5.41) is 11.4. The van der Waals surface area contributed by atoms with Gasteiger partial charge in [0.2, 0.25) is 0 Å². The van der Waals surface area contributed by atoms with Crippen LogP contribution in [0.1, 0.15) is 64.6 Å². The molecule has 190 valence electrons. The molecule has 0 saturated heterocycles. The standard InChI is InChI=1S/C29H34N2O5/c1-5-6-15-21-25(24-19(2)12-10-17-23(24)36-4)27(33)26(28(34)30-21)29(35)31(3)18-11-16-22(32)20-13-8-7-9-14-20/h7-10,12-14,17H,5-6,11,15-16,18H2,1-4H3,(H2,30,33,34). The highest BCUT2D eigenvalue weighted by atomic mass is 16.5. The van der Waals surface area contributed by atoms with Crippen molar-refractivity contribution in [3.63, 3.8) is 0 Å². The van der Waals surface area contributed by atoms with E-state index in [-0.39, 0.29) is 30.1 Å². The van der Waals surface area contributed by atoms with Crippen LogP contribution in [0.15, 0.2) is 53.3 Å². The SMILES string of the molecule is CCCCc1[nH]c(=O)c(C(=O)N(C)CCCC(=O)c2ccccc2)c(O)c1-c1c(C)cccc1OC. The van der Waals surface area contributed by atoms with Crippen molar-refractivity contribution in [1.82, 2.24) is 9.88 Å².